The van der Waals surface area contributed by atoms with Crippen LogP contribution in [-0.2, 0) is 9.53 Å². The molecule has 34 heavy (non-hydrogen) atoms. The van der Waals surface area contributed by atoms with Gasteiger partial charge in [0.25, 0.3) is 5.56 Å². The Hall–Kier alpha value is -3.01. The van der Waals surface area contributed by atoms with Gasteiger partial charge in [0.05, 0.1) is 22.4 Å². The average molecular weight is 555 g/mol. The first-order valence-electron chi connectivity index (χ1n) is 10.5. The normalized spacial score (nSPS) is 15.9. The number of rotatable bonds is 5. The fraction of sp³-hybridized carbons (Fsp3) is 0.160. The number of thiazole rings is 1. The Labute approximate surface area is 211 Å². The molecule has 0 saturated heterocycles. The van der Waals surface area contributed by atoms with E-state index in [1.807, 2.05) is 53.9 Å². The Kier molecular flexibility index (Phi) is 6.24. The highest BCUT2D eigenvalue weighted by molar-refractivity contribution is 9.10. The van der Waals surface area contributed by atoms with Crippen molar-refractivity contribution in [1.82, 2.24) is 4.57 Å². The van der Waals surface area contributed by atoms with Gasteiger partial charge in [-0.05, 0) is 49.6 Å². The Morgan fingerprint density at radius 3 is 2.74 bits per heavy atom. The minimum Gasteiger partial charge on any atom is -0.463 e. The second kappa shape index (κ2) is 9.32. The molecule has 0 bridgehead atoms. The summed E-state index contributed by atoms with van der Waals surface area (Å²) in [5.41, 5.74) is 1.66. The number of carbonyl (C=O) groups excluding carboxylic acids is 1. The SMILES string of the molecule is CCOC(=O)C1=C(C)N=c2s/c(=C\c3ccc(-c4ccc(Br)cc4)o3)c(=O)n2[C@H]1c1cccs1. The first-order chi connectivity index (χ1) is 16.5. The minimum absolute atomic E-state index is 0.224. The summed E-state index contributed by atoms with van der Waals surface area (Å²) in [6.45, 7) is 3.78. The van der Waals surface area contributed by atoms with Crippen molar-refractivity contribution >= 4 is 50.6 Å². The van der Waals surface area contributed by atoms with Crippen molar-refractivity contribution in [2.75, 3.05) is 6.61 Å². The van der Waals surface area contributed by atoms with Gasteiger partial charge in [-0.1, -0.05) is 45.5 Å². The standard InChI is InChI=1S/C25H19BrN2O4S2/c1-3-31-24(30)21-14(2)27-25-28(22(21)19-5-4-12-33-19)23(29)20(34-25)13-17-10-11-18(32-17)15-6-8-16(26)9-7-15/h4-13,22H,3H2,1-2H3/b20-13-/t22-/m0/s1. The summed E-state index contributed by atoms with van der Waals surface area (Å²) >= 11 is 6.20. The van der Waals surface area contributed by atoms with Crippen LogP contribution in [0.25, 0.3) is 17.4 Å². The predicted molar refractivity (Wildman–Crippen MR) is 137 cm³/mol. The van der Waals surface area contributed by atoms with E-state index in [9.17, 15) is 9.59 Å². The largest absolute Gasteiger partial charge is 0.463 e. The van der Waals surface area contributed by atoms with Crippen LogP contribution in [0.5, 0.6) is 0 Å². The van der Waals surface area contributed by atoms with E-state index < -0.39 is 12.0 Å². The molecule has 4 heterocycles. The molecule has 1 aromatic carbocycles. The molecular weight excluding hydrogens is 536 g/mol. The highest BCUT2D eigenvalue weighted by Gasteiger charge is 2.33. The summed E-state index contributed by atoms with van der Waals surface area (Å²) in [6.07, 6.45) is 1.72. The second-order valence-corrected chi connectivity index (χ2v) is 10.4. The zero-order valence-electron chi connectivity index (χ0n) is 18.3. The van der Waals surface area contributed by atoms with E-state index in [0.717, 1.165) is 14.9 Å². The summed E-state index contributed by atoms with van der Waals surface area (Å²) in [7, 11) is 0. The van der Waals surface area contributed by atoms with Gasteiger partial charge >= 0.3 is 5.97 Å². The fourth-order valence-electron chi connectivity index (χ4n) is 3.84. The summed E-state index contributed by atoms with van der Waals surface area (Å²) in [6, 6.07) is 14.8. The van der Waals surface area contributed by atoms with E-state index in [0.29, 0.717) is 32.1 Å². The molecule has 6 nitrogen and oxygen atoms in total. The van der Waals surface area contributed by atoms with E-state index in [-0.39, 0.29) is 12.2 Å². The molecule has 0 unspecified atom stereocenters. The Morgan fingerprint density at radius 2 is 2.03 bits per heavy atom. The highest BCUT2D eigenvalue weighted by Crippen LogP contribution is 2.33. The highest BCUT2D eigenvalue weighted by atomic mass is 79.9. The van der Waals surface area contributed by atoms with Crippen LogP contribution in [0.2, 0.25) is 0 Å². The number of halogens is 1. The number of carbonyl (C=O) groups is 1. The van der Waals surface area contributed by atoms with Crippen LogP contribution in [0.1, 0.15) is 30.5 Å². The van der Waals surface area contributed by atoms with E-state index >= 15 is 0 Å². The molecule has 4 aromatic rings. The lowest BCUT2D eigenvalue weighted by Gasteiger charge is -2.23. The number of aromatic nitrogens is 1. The third-order valence-corrected chi connectivity index (χ3v) is 7.79. The lowest BCUT2D eigenvalue weighted by Crippen LogP contribution is -2.39. The molecule has 9 heteroatoms. The number of hydrogen-bond acceptors (Lipinski definition) is 7. The number of esters is 1. The van der Waals surface area contributed by atoms with Crippen LogP contribution in [0.3, 0.4) is 0 Å². The summed E-state index contributed by atoms with van der Waals surface area (Å²) in [5, 5.41) is 1.93. The molecule has 1 atom stereocenters. The number of nitrogens with zero attached hydrogens (tertiary/aromatic N) is 2. The molecule has 0 N–H and O–H groups in total. The van der Waals surface area contributed by atoms with Crippen molar-refractivity contribution in [2.24, 2.45) is 4.99 Å². The Balaban J connectivity index is 1.61. The average Bonchev–Trinajstić information content (AvgIpc) is 3.56. The molecular formula is C25H19BrN2O4S2. The van der Waals surface area contributed by atoms with Gasteiger partial charge in [0.2, 0.25) is 0 Å². The topological polar surface area (TPSA) is 73.8 Å². The maximum absolute atomic E-state index is 13.5. The van der Waals surface area contributed by atoms with Gasteiger partial charge < -0.3 is 9.15 Å². The lowest BCUT2D eigenvalue weighted by molar-refractivity contribution is -0.139. The van der Waals surface area contributed by atoms with E-state index in [1.165, 1.54) is 22.7 Å². The smallest absolute Gasteiger partial charge is 0.338 e. The zero-order chi connectivity index (χ0) is 23.8. The maximum Gasteiger partial charge on any atom is 0.338 e. The molecule has 5 rings (SSSR count). The summed E-state index contributed by atoms with van der Waals surface area (Å²) in [4.78, 5) is 32.4. The molecule has 1 aliphatic rings. The van der Waals surface area contributed by atoms with E-state index in [1.54, 1.807) is 24.5 Å². The van der Waals surface area contributed by atoms with Crippen LogP contribution >= 0.6 is 38.6 Å². The van der Waals surface area contributed by atoms with Crippen molar-refractivity contribution in [3.05, 3.63) is 100.0 Å². The van der Waals surface area contributed by atoms with E-state index in [4.69, 9.17) is 9.15 Å². The number of allylic oxidation sites excluding steroid dienone is 1. The van der Waals surface area contributed by atoms with Crippen LogP contribution in [-0.4, -0.2) is 17.1 Å². The van der Waals surface area contributed by atoms with Gasteiger partial charge in [0.1, 0.15) is 17.6 Å². The molecule has 0 spiro atoms. The number of ether oxygens (including phenoxy) is 1. The van der Waals surface area contributed by atoms with Crippen molar-refractivity contribution < 1.29 is 13.9 Å². The molecule has 0 saturated carbocycles. The number of furan rings is 1. The third-order valence-electron chi connectivity index (χ3n) is 5.36. The Morgan fingerprint density at radius 1 is 1.24 bits per heavy atom. The van der Waals surface area contributed by atoms with Gasteiger partial charge in [0.15, 0.2) is 4.80 Å². The van der Waals surface area contributed by atoms with Crippen LogP contribution in [0.15, 0.2) is 83.9 Å². The minimum atomic E-state index is -0.577. The number of fused-ring (bicyclic) bond motifs is 1. The van der Waals surface area contributed by atoms with Gasteiger partial charge in [-0.3, -0.25) is 9.36 Å². The second-order valence-electron chi connectivity index (χ2n) is 7.53. The van der Waals surface area contributed by atoms with Gasteiger partial charge in [0, 0.05) is 21.0 Å². The molecule has 0 aliphatic carbocycles. The third kappa shape index (κ3) is 4.15. The molecule has 0 radical (unpaired) electrons. The first-order valence-corrected chi connectivity index (χ1v) is 13.0. The molecule has 172 valence electrons. The molecule has 3 aromatic heterocycles. The summed E-state index contributed by atoms with van der Waals surface area (Å²) < 4.78 is 14.3. The monoisotopic (exact) mass is 554 g/mol. The molecule has 1 aliphatic heterocycles. The maximum atomic E-state index is 13.5. The van der Waals surface area contributed by atoms with Crippen molar-refractivity contribution in [3.8, 4) is 11.3 Å². The van der Waals surface area contributed by atoms with Gasteiger partial charge in [-0.2, -0.15) is 0 Å². The lowest BCUT2D eigenvalue weighted by atomic mass is 10.0. The zero-order valence-corrected chi connectivity index (χ0v) is 21.5. The molecule has 0 fully saturated rings. The van der Waals surface area contributed by atoms with Gasteiger partial charge in [-0.15, -0.1) is 11.3 Å². The number of benzene rings is 1. The fourth-order valence-corrected chi connectivity index (χ4v) is 5.95. The van der Waals surface area contributed by atoms with E-state index in [2.05, 4.69) is 20.9 Å². The first kappa shape index (κ1) is 22.8. The van der Waals surface area contributed by atoms with Crippen molar-refractivity contribution in [3.63, 3.8) is 0 Å². The predicted octanol–water partition coefficient (Wildman–Crippen LogP) is 4.88. The molecule has 0 amide bonds. The van der Waals surface area contributed by atoms with Gasteiger partial charge in [-0.25, -0.2) is 9.79 Å². The summed E-state index contributed by atoms with van der Waals surface area (Å²) in [5.74, 6) is 0.821. The number of hydrogen-bond donors (Lipinski definition) is 0. The van der Waals surface area contributed by atoms with Crippen molar-refractivity contribution in [1.29, 1.82) is 0 Å². The Bertz CT molecular complexity index is 1570. The van der Waals surface area contributed by atoms with Crippen LogP contribution < -0.4 is 14.9 Å². The van der Waals surface area contributed by atoms with Crippen molar-refractivity contribution in [2.45, 2.75) is 19.9 Å². The number of thiophene rings is 1. The van der Waals surface area contributed by atoms with Crippen LogP contribution in [0, 0.1) is 0 Å². The quantitative estimate of drug-likeness (QED) is 0.329. The van der Waals surface area contributed by atoms with Crippen LogP contribution in [0.4, 0.5) is 0 Å².